The number of urea groups is 1. The van der Waals surface area contributed by atoms with Crippen molar-refractivity contribution in [2.45, 2.75) is 31.9 Å². The van der Waals surface area contributed by atoms with E-state index in [1.165, 1.54) is 6.08 Å². The van der Waals surface area contributed by atoms with Crippen LogP contribution >= 0.6 is 0 Å². The molecule has 0 aromatic carbocycles. The van der Waals surface area contributed by atoms with Crippen molar-refractivity contribution in [3.8, 4) is 0 Å². The molecule has 0 bridgehead atoms. The van der Waals surface area contributed by atoms with Gasteiger partial charge in [-0.05, 0) is 12.8 Å². The van der Waals surface area contributed by atoms with Crippen molar-refractivity contribution in [3.05, 3.63) is 12.7 Å². The summed E-state index contributed by atoms with van der Waals surface area (Å²) >= 11 is 0. The minimum absolute atomic E-state index is 0.0344. The Morgan fingerprint density at radius 2 is 2.39 bits per heavy atom. The molecule has 0 aromatic rings. The van der Waals surface area contributed by atoms with Gasteiger partial charge in [-0.3, -0.25) is 0 Å². The molecule has 2 N–H and O–H groups in total. The highest BCUT2D eigenvalue weighted by Crippen LogP contribution is 2.08. The van der Waals surface area contributed by atoms with Crippen LogP contribution in [0.15, 0.2) is 12.7 Å². The lowest BCUT2D eigenvalue weighted by atomic mass is 10.2. The molecule has 0 spiro atoms. The van der Waals surface area contributed by atoms with Crippen LogP contribution in [0.1, 0.15) is 19.8 Å². The Hall–Kier alpha value is -1.56. The predicted molar refractivity (Wildman–Crippen MR) is 66.4 cm³/mol. The number of carboxylic acids is 1. The topological polar surface area (TPSA) is 78.9 Å². The van der Waals surface area contributed by atoms with Gasteiger partial charge in [0, 0.05) is 13.1 Å². The SMILES string of the molecule is C=CCC(NC(=O)N1CCOC(CC)C1)C(=O)O. The average molecular weight is 256 g/mol. The van der Waals surface area contributed by atoms with Crippen molar-refractivity contribution in [2.24, 2.45) is 0 Å². The lowest BCUT2D eigenvalue weighted by Gasteiger charge is -2.33. The Balaban J connectivity index is 2.52. The van der Waals surface area contributed by atoms with E-state index in [-0.39, 0.29) is 18.6 Å². The van der Waals surface area contributed by atoms with Gasteiger partial charge in [-0.15, -0.1) is 6.58 Å². The van der Waals surface area contributed by atoms with E-state index >= 15 is 0 Å². The fraction of sp³-hybridized carbons (Fsp3) is 0.667. The summed E-state index contributed by atoms with van der Waals surface area (Å²) in [6.07, 6.45) is 2.56. The molecule has 0 aliphatic carbocycles. The average Bonchev–Trinajstić information content (AvgIpc) is 2.38. The molecule has 6 heteroatoms. The van der Waals surface area contributed by atoms with Crippen LogP contribution < -0.4 is 5.32 Å². The summed E-state index contributed by atoms with van der Waals surface area (Å²) in [5.41, 5.74) is 0. The van der Waals surface area contributed by atoms with E-state index in [2.05, 4.69) is 11.9 Å². The Bertz CT molecular complexity index is 319. The zero-order valence-electron chi connectivity index (χ0n) is 10.6. The normalized spacial score (nSPS) is 21.2. The zero-order valence-corrected chi connectivity index (χ0v) is 10.6. The van der Waals surface area contributed by atoms with Gasteiger partial charge in [0.05, 0.1) is 12.7 Å². The zero-order chi connectivity index (χ0) is 13.5. The highest BCUT2D eigenvalue weighted by molar-refractivity contribution is 5.82. The van der Waals surface area contributed by atoms with E-state index in [1.54, 1.807) is 4.90 Å². The molecule has 0 aromatic heterocycles. The number of nitrogens with one attached hydrogen (secondary N) is 1. The number of carbonyl (C=O) groups excluding carboxylic acids is 1. The molecule has 1 heterocycles. The first kappa shape index (κ1) is 14.5. The van der Waals surface area contributed by atoms with Gasteiger partial charge in [-0.1, -0.05) is 13.0 Å². The lowest BCUT2D eigenvalue weighted by molar-refractivity contribution is -0.139. The largest absolute Gasteiger partial charge is 0.480 e. The molecule has 6 nitrogen and oxygen atoms in total. The summed E-state index contributed by atoms with van der Waals surface area (Å²) in [4.78, 5) is 24.4. The summed E-state index contributed by atoms with van der Waals surface area (Å²) in [6, 6.07) is -1.27. The van der Waals surface area contributed by atoms with E-state index in [1.807, 2.05) is 6.92 Å². The summed E-state index contributed by atoms with van der Waals surface area (Å²) in [6.45, 7) is 6.95. The first-order chi connectivity index (χ1) is 8.58. The molecule has 0 radical (unpaired) electrons. The maximum absolute atomic E-state index is 11.9. The van der Waals surface area contributed by atoms with Crippen LogP contribution in [0.2, 0.25) is 0 Å². The lowest BCUT2D eigenvalue weighted by Crippen LogP contribution is -2.53. The van der Waals surface area contributed by atoms with Crippen LogP contribution in [0.4, 0.5) is 4.79 Å². The van der Waals surface area contributed by atoms with Crippen molar-refractivity contribution < 1.29 is 19.4 Å². The fourth-order valence-electron chi connectivity index (χ4n) is 1.78. The summed E-state index contributed by atoms with van der Waals surface area (Å²) in [5, 5.41) is 11.4. The molecule has 0 saturated carbocycles. The van der Waals surface area contributed by atoms with E-state index in [0.717, 1.165) is 6.42 Å². The van der Waals surface area contributed by atoms with Crippen LogP contribution in [0.5, 0.6) is 0 Å². The van der Waals surface area contributed by atoms with Crippen molar-refractivity contribution in [3.63, 3.8) is 0 Å². The molecule has 1 aliphatic heterocycles. The van der Waals surface area contributed by atoms with E-state index in [0.29, 0.717) is 19.7 Å². The third-order valence-corrected chi connectivity index (χ3v) is 2.88. The number of rotatable bonds is 5. The Kier molecular flexibility index (Phi) is 5.64. The number of carbonyl (C=O) groups is 2. The Labute approximate surface area is 107 Å². The van der Waals surface area contributed by atoms with Crippen molar-refractivity contribution in [1.29, 1.82) is 0 Å². The number of morpholine rings is 1. The second-order valence-corrected chi connectivity index (χ2v) is 4.21. The van der Waals surface area contributed by atoms with Gasteiger partial charge in [0.25, 0.3) is 0 Å². The number of carboxylic acid groups (broad SMARTS) is 1. The van der Waals surface area contributed by atoms with Crippen molar-refractivity contribution in [1.82, 2.24) is 10.2 Å². The highest BCUT2D eigenvalue weighted by atomic mass is 16.5. The summed E-state index contributed by atoms with van der Waals surface area (Å²) in [5.74, 6) is -1.05. The molecule has 1 rings (SSSR count). The summed E-state index contributed by atoms with van der Waals surface area (Å²) < 4.78 is 5.45. The molecule has 2 amide bonds. The monoisotopic (exact) mass is 256 g/mol. The van der Waals surface area contributed by atoms with Gasteiger partial charge in [0.1, 0.15) is 6.04 Å². The number of amides is 2. The van der Waals surface area contributed by atoms with E-state index < -0.39 is 12.0 Å². The van der Waals surface area contributed by atoms with Crippen LogP contribution in [0.3, 0.4) is 0 Å². The predicted octanol–water partition coefficient (Wildman–Crippen LogP) is 0.836. The number of hydrogen-bond acceptors (Lipinski definition) is 3. The molecule has 1 aliphatic rings. The quantitative estimate of drug-likeness (QED) is 0.714. The number of hydrogen-bond donors (Lipinski definition) is 2. The first-order valence-electron chi connectivity index (χ1n) is 6.09. The van der Waals surface area contributed by atoms with E-state index in [9.17, 15) is 9.59 Å². The number of ether oxygens (including phenoxy) is 1. The molecule has 1 fully saturated rings. The van der Waals surface area contributed by atoms with E-state index in [4.69, 9.17) is 9.84 Å². The molecular formula is C12H20N2O4. The highest BCUT2D eigenvalue weighted by Gasteiger charge is 2.26. The van der Waals surface area contributed by atoms with Gasteiger partial charge < -0.3 is 20.1 Å². The maximum Gasteiger partial charge on any atom is 0.326 e. The van der Waals surface area contributed by atoms with Crippen molar-refractivity contribution in [2.75, 3.05) is 19.7 Å². The molecule has 2 atom stereocenters. The van der Waals surface area contributed by atoms with Crippen LogP contribution in [-0.2, 0) is 9.53 Å². The second kappa shape index (κ2) is 7.00. The van der Waals surface area contributed by atoms with Crippen LogP contribution in [0, 0.1) is 0 Å². The van der Waals surface area contributed by atoms with Gasteiger partial charge in [0.2, 0.25) is 0 Å². The fourth-order valence-corrected chi connectivity index (χ4v) is 1.78. The smallest absolute Gasteiger partial charge is 0.326 e. The van der Waals surface area contributed by atoms with Crippen LogP contribution in [-0.4, -0.2) is 53.8 Å². The van der Waals surface area contributed by atoms with Gasteiger partial charge in [-0.2, -0.15) is 0 Å². The standard InChI is InChI=1S/C12H20N2O4/c1-3-5-10(11(15)16)13-12(17)14-6-7-18-9(4-2)8-14/h3,9-10H,1,4-8H2,2H3,(H,13,17)(H,15,16). The molecule has 1 saturated heterocycles. The Morgan fingerprint density at radius 1 is 1.67 bits per heavy atom. The number of aliphatic carboxylic acids is 1. The molecule has 2 unspecified atom stereocenters. The number of nitrogens with zero attached hydrogens (tertiary/aromatic N) is 1. The Morgan fingerprint density at radius 3 is 2.94 bits per heavy atom. The minimum atomic E-state index is -1.05. The van der Waals surface area contributed by atoms with Crippen molar-refractivity contribution >= 4 is 12.0 Å². The molecular weight excluding hydrogens is 236 g/mol. The summed E-state index contributed by atoms with van der Waals surface area (Å²) in [7, 11) is 0. The first-order valence-corrected chi connectivity index (χ1v) is 6.09. The third kappa shape index (κ3) is 4.03. The molecule has 18 heavy (non-hydrogen) atoms. The van der Waals surface area contributed by atoms with Gasteiger partial charge in [-0.25, -0.2) is 9.59 Å². The third-order valence-electron chi connectivity index (χ3n) is 2.88. The van der Waals surface area contributed by atoms with Crippen LogP contribution in [0.25, 0.3) is 0 Å². The minimum Gasteiger partial charge on any atom is -0.480 e. The van der Waals surface area contributed by atoms with Gasteiger partial charge >= 0.3 is 12.0 Å². The van der Waals surface area contributed by atoms with Gasteiger partial charge in [0.15, 0.2) is 0 Å². The molecule has 102 valence electrons. The maximum atomic E-state index is 11.9. The second-order valence-electron chi connectivity index (χ2n) is 4.21.